The Hall–Kier alpha value is -1.62. The van der Waals surface area contributed by atoms with E-state index in [2.05, 4.69) is 22.7 Å². The average Bonchev–Trinajstić information content (AvgIpc) is 3.21. The predicted molar refractivity (Wildman–Crippen MR) is 94.1 cm³/mol. The summed E-state index contributed by atoms with van der Waals surface area (Å²) < 4.78 is 2.28. The van der Waals surface area contributed by atoms with Gasteiger partial charge in [-0.15, -0.1) is 11.3 Å². The molecule has 3 heterocycles. The molecule has 0 spiro atoms. The smallest absolute Gasteiger partial charge is 0.263 e. The van der Waals surface area contributed by atoms with Crippen molar-refractivity contribution in [2.45, 2.75) is 52.0 Å². The van der Waals surface area contributed by atoms with Gasteiger partial charge in [-0.1, -0.05) is 13.3 Å². The Morgan fingerprint density at radius 3 is 3.04 bits per heavy atom. The number of imidazole rings is 1. The summed E-state index contributed by atoms with van der Waals surface area (Å²) in [6.45, 7) is 6.94. The van der Waals surface area contributed by atoms with Crippen molar-refractivity contribution in [2.75, 3.05) is 13.1 Å². The van der Waals surface area contributed by atoms with E-state index < -0.39 is 0 Å². The summed E-state index contributed by atoms with van der Waals surface area (Å²) in [5.74, 6) is 1.69. The van der Waals surface area contributed by atoms with Crippen LogP contribution in [0.4, 0.5) is 0 Å². The standard InChI is InChI=1S/C18H25N3OS/c1-3-4-10-20-12-9-19-17(20)15-6-5-11-21(13-15)18(22)16-8-7-14(2)23-16/h7-9,12,15H,3-6,10-11,13H2,1-2H3/t15-/m1/s1. The lowest BCUT2D eigenvalue weighted by atomic mass is 9.97. The maximum Gasteiger partial charge on any atom is 0.263 e. The third kappa shape index (κ3) is 3.66. The summed E-state index contributed by atoms with van der Waals surface area (Å²) >= 11 is 1.59. The highest BCUT2D eigenvalue weighted by atomic mass is 32.1. The zero-order valence-corrected chi connectivity index (χ0v) is 14.8. The molecule has 0 unspecified atom stereocenters. The zero-order chi connectivity index (χ0) is 16.2. The van der Waals surface area contributed by atoms with Crippen LogP contribution < -0.4 is 0 Å². The number of aromatic nitrogens is 2. The zero-order valence-electron chi connectivity index (χ0n) is 14.0. The second kappa shape index (κ2) is 7.30. The van der Waals surface area contributed by atoms with Gasteiger partial charge < -0.3 is 9.47 Å². The molecular formula is C18H25N3OS. The van der Waals surface area contributed by atoms with Gasteiger partial charge in [-0.3, -0.25) is 4.79 Å². The van der Waals surface area contributed by atoms with Crippen LogP contribution >= 0.6 is 11.3 Å². The average molecular weight is 331 g/mol. The van der Waals surface area contributed by atoms with Crippen LogP contribution in [0.15, 0.2) is 24.5 Å². The van der Waals surface area contributed by atoms with Crippen LogP contribution in [0.3, 0.4) is 0 Å². The molecule has 1 aliphatic heterocycles. The van der Waals surface area contributed by atoms with E-state index in [9.17, 15) is 4.79 Å². The molecule has 0 radical (unpaired) electrons. The van der Waals surface area contributed by atoms with E-state index in [1.165, 1.54) is 17.7 Å². The summed E-state index contributed by atoms with van der Waals surface area (Å²) in [4.78, 5) is 21.3. The van der Waals surface area contributed by atoms with E-state index >= 15 is 0 Å². The van der Waals surface area contributed by atoms with E-state index in [1.54, 1.807) is 11.3 Å². The number of carbonyl (C=O) groups is 1. The molecule has 1 fully saturated rings. The van der Waals surface area contributed by atoms with Crippen molar-refractivity contribution < 1.29 is 4.79 Å². The van der Waals surface area contributed by atoms with Gasteiger partial charge in [-0.2, -0.15) is 0 Å². The highest BCUT2D eigenvalue weighted by Crippen LogP contribution is 2.28. The van der Waals surface area contributed by atoms with Gasteiger partial charge in [0.1, 0.15) is 5.82 Å². The lowest BCUT2D eigenvalue weighted by molar-refractivity contribution is 0.0708. The summed E-state index contributed by atoms with van der Waals surface area (Å²) in [5, 5.41) is 0. The lowest BCUT2D eigenvalue weighted by Crippen LogP contribution is -2.39. The summed E-state index contributed by atoms with van der Waals surface area (Å²) in [7, 11) is 0. The van der Waals surface area contributed by atoms with Crippen molar-refractivity contribution in [3.05, 3.63) is 40.1 Å². The lowest BCUT2D eigenvalue weighted by Gasteiger charge is -2.32. The molecule has 2 aromatic heterocycles. The fraction of sp³-hybridized carbons (Fsp3) is 0.556. The Kier molecular flexibility index (Phi) is 5.16. The maximum absolute atomic E-state index is 12.7. The van der Waals surface area contributed by atoms with Crippen molar-refractivity contribution in [2.24, 2.45) is 0 Å². The third-order valence-corrected chi connectivity index (χ3v) is 5.51. The normalized spacial score (nSPS) is 18.3. The van der Waals surface area contributed by atoms with Gasteiger partial charge in [0.2, 0.25) is 0 Å². The first-order valence-corrected chi connectivity index (χ1v) is 9.37. The number of nitrogens with zero attached hydrogens (tertiary/aromatic N) is 3. The van der Waals surface area contributed by atoms with Crippen LogP contribution in [0.1, 0.15) is 58.9 Å². The molecule has 0 aliphatic carbocycles. The van der Waals surface area contributed by atoms with Crippen molar-refractivity contribution >= 4 is 17.2 Å². The predicted octanol–water partition coefficient (Wildman–Crippen LogP) is 4.07. The molecule has 1 atom stereocenters. The number of aryl methyl sites for hydroxylation is 2. The molecule has 0 N–H and O–H groups in total. The number of hydrogen-bond acceptors (Lipinski definition) is 3. The number of thiophene rings is 1. The molecule has 2 aromatic rings. The van der Waals surface area contributed by atoms with Gasteiger partial charge in [0.25, 0.3) is 5.91 Å². The molecule has 0 saturated carbocycles. The number of carbonyl (C=O) groups excluding carboxylic acids is 1. The van der Waals surface area contributed by atoms with Crippen LogP contribution in [0.2, 0.25) is 0 Å². The number of piperidine rings is 1. The van der Waals surface area contributed by atoms with Crippen molar-refractivity contribution in [3.63, 3.8) is 0 Å². The van der Waals surface area contributed by atoms with E-state index in [4.69, 9.17) is 0 Å². The van der Waals surface area contributed by atoms with Gasteiger partial charge in [0, 0.05) is 42.8 Å². The van der Waals surface area contributed by atoms with Crippen LogP contribution in [0.5, 0.6) is 0 Å². The number of unbranched alkanes of at least 4 members (excludes halogenated alkanes) is 1. The molecular weight excluding hydrogens is 306 g/mol. The molecule has 1 aliphatic rings. The largest absolute Gasteiger partial charge is 0.337 e. The van der Waals surface area contributed by atoms with Gasteiger partial charge in [-0.25, -0.2) is 4.98 Å². The van der Waals surface area contributed by atoms with E-state index in [0.717, 1.165) is 43.2 Å². The molecule has 3 rings (SSSR count). The van der Waals surface area contributed by atoms with Gasteiger partial charge >= 0.3 is 0 Å². The quantitative estimate of drug-likeness (QED) is 0.828. The van der Waals surface area contributed by atoms with Crippen LogP contribution in [-0.4, -0.2) is 33.4 Å². The number of likely N-dealkylation sites (tertiary alicyclic amines) is 1. The third-order valence-electron chi connectivity index (χ3n) is 4.53. The van der Waals surface area contributed by atoms with Crippen molar-refractivity contribution in [1.29, 1.82) is 0 Å². The molecule has 124 valence electrons. The maximum atomic E-state index is 12.7. The Bertz CT molecular complexity index is 661. The molecule has 0 aromatic carbocycles. The van der Waals surface area contributed by atoms with Gasteiger partial charge in [0.05, 0.1) is 4.88 Å². The highest BCUT2D eigenvalue weighted by molar-refractivity contribution is 7.13. The van der Waals surface area contributed by atoms with E-state index in [0.29, 0.717) is 5.92 Å². The molecule has 1 amide bonds. The second-order valence-corrected chi connectivity index (χ2v) is 7.62. The topological polar surface area (TPSA) is 38.1 Å². The second-order valence-electron chi connectivity index (χ2n) is 6.33. The molecule has 5 heteroatoms. The van der Waals surface area contributed by atoms with Gasteiger partial charge in [-0.05, 0) is 38.3 Å². The monoisotopic (exact) mass is 331 g/mol. The van der Waals surface area contributed by atoms with E-state index in [-0.39, 0.29) is 5.91 Å². The number of amides is 1. The summed E-state index contributed by atoms with van der Waals surface area (Å²) in [5.41, 5.74) is 0. The van der Waals surface area contributed by atoms with Crippen molar-refractivity contribution in [1.82, 2.24) is 14.5 Å². The minimum absolute atomic E-state index is 0.180. The minimum Gasteiger partial charge on any atom is -0.337 e. The fourth-order valence-corrected chi connectivity index (χ4v) is 4.11. The minimum atomic E-state index is 0.180. The Balaban J connectivity index is 1.71. The molecule has 1 saturated heterocycles. The Labute approximate surface area is 142 Å². The fourth-order valence-electron chi connectivity index (χ4n) is 3.28. The first kappa shape index (κ1) is 16.2. The SMILES string of the molecule is CCCCn1ccnc1[C@@H]1CCCN(C(=O)c2ccc(C)s2)C1. The summed E-state index contributed by atoms with van der Waals surface area (Å²) in [6, 6.07) is 3.98. The van der Waals surface area contributed by atoms with Crippen molar-refractivity contribution in [3.8, 4) is 0 Å². The number of hydrogen-bond donors (Lipinski definition) is 0. The van der Waals surface area contributed by atoms with Crippen LogP contribution in [0, 0.1) is 6.92 Å². The highest BCUT2D eigenvalue weighted by Gasteiger charge is 2.28. The summed E-state index contributed by atoms with van der Waals surface area (Å²) in [6.07, 6.45) is 8.51. The van der Waals surface area contributed by atoms with Crippen LogP contribution in [0.25, 0.3) is 0 Å². The molecule has 0 bridgehead atoms. The van der Waals surface area contributed by atoms with Crippen LogP contribution in [-0.2, 0) is 6.54 Å². The first-order chi connectivity index (χ1) is 11.2. The number of rotatable bonds is 5. The Morgan fingerprint density at radius 2 is 2.30 bits per heavy atom. The van der Waals surface area contributed by atoms with E-state index in [1.807, 2.05) is 30.2 Å². The molecule has 23 heavy (non-hydrogen) atoms. The van der Waals surface area contributed by atoms with Gasteiger partial charge in [0.15, 0.2) is 0 Å². The molecule has 4 nitrogen and oxygen atoms in total. The first-order valence-electron chi connectivity index (χ1n) is 8.55. The Morgan fingerprint density at radius 1 is 1.43 bits per heavy atom.